The molecule has 0 saturated heterocycles. The first kappa shape index (κ1) is 18.0. The summed E-state index contributed by atoms with van der Waals surface area (Å²) in [5, 5.41) is 11.8. The Morgan fingerprint density at radius 1 is 1.20 bits per heavy atom. The fraction of sp³-hybridized carbons (Fsp3) is 0.118. The predicted molar refractivity (Wildman–Crippen MR) is 101 cm³/mol. The monoisotopic (exact) mass is 437 g/mol. The highest BCUT2D eigenvalue weighted by Crippen LogP contribution is 2.28. The van der Waals surface area contributed by atoms with Crippen LogP contribution in [0.4, 0.5) is 0 Å². The Morgan fingerprint density at radius 3 is 2.84 bits per heavy atom. The molecule has 1 N–H and O–H groups in total. The van der Waals surface area contributed by atoms with Crippen molar-refractivity contribution >= 4 is 45.2 Å². The first-order valence-corrected chi connectivity index (χ1v) is 9.50. The Hall–Kier alpha value is -1.83. The van der Waals surface area contributed by atoms with Crippen molar-refractivity contribution in [3.8, 4) is 11.5 Å². The number of amides is 1. The van der Waals surface area contributed by atoms with E-state index in [1.54, 1.807) is 6.07 Å². The fourth-order valence-electron chi connectivity index (χ4n) is 2.04. The van der Waals surface area contributed by atoms with Crippen LogP contribution in [0.2, 0.25) is 5.02 Å². The topological polar surface area (TPSA) is 68.0 Å². The number of halogens is 2. The minimum absolute atomic E-state index is 0.120. The Kier molecular flexibility index (Phi) is 6.12. The molecule has 0 unspecified atom stereocenters. The summed E-state index contributed by atoms with van der Waals surface area (Å²) in [6.45, 7) is 0.423. The van der Waals surface area contributed by atoms with Crippen LogP contribution in [-0.2, 0) is 11.3 Å². The molecule has 5 nitrogen and oxygen atoms in total. The average molecular weight is 439 g/mol. The van der Waals surface area contributed by atoms with E-state index in [1.165, 1.54) is 11.8 Å². The molecular weight excluding hydrogens is 426 g/mol. The molecule has 1 heterocycles. The standard InChI is InChI=1S/C17H13BrClN3O2S/c18-14-7-2-1-6-13(14)16-21-22-17(24-16)25-10-15(23)20-9-11-4-3-5-12(19)8-11/h1-8H,9-10H2,(H,20,23). The quantitative estimate of drug-likeness (QED) is 0.571. The number of carbonyl (C=O) groups excluding carboxylic acids is 1. The van der Waals surface area contributed by atoms with Crippen molar-refractivity contribution < 1.29 is 9.21 Å². The fourth-order valence-corrected chi connectivity index (χ4v) is 3.30. The molecule has 8 heteroatoms. The molecule has 0 aliphatic rings. The summed E-state index contributed by atoms with van der Waals surface area (Å²) in [7, 11) is 0. The zero-order valence-electron chi connectivity index (χ0n) is 12.9. The second-order valence-electron chi connectivity index (χ2n) is 5.05. The third-order valence-corrected chi connectivity index (χ3v) is 4.96. The van der Waals surface area contributed by atoms with Crippen LogP contribution in [0.1, 0.15) is 5.56 Å². The van der Waals surface area contributed by atoms with Gasteiger partial charge in [-0.15, -0.1) is 10.2 Å². The summed E-state index contributed by atoms with van der Waals surface area (Å²) in [6.07, 6.45) is 0. The summed E-state index contributed by atoms with van der Waals surface area (Å²) < 4.78 is 6.46. The molecule has 0 saturated carbocycles. The van der Waals surface area contributed by atoms with Crippen LogP contribution >= 0.6 is 39.3 Å². The number of benzene rings is 2. The van der Waals surface area contributed by atoms with E-state index >= 15 is 0 Å². The van der Waals surface area contributed by atoms with Gasteiger partial charge in [0.2, 0.25) is 11.8 Å². The largest absolute Gasteiger partial charge is 0.411 e. The van der Waals surface area contributed by atoms with Gasteiger partial charge in [-0.1, -0.05) is 47.6 Å². The number of hydrogen-bond donors (Lipinski definition) is 1. The van der Waals surface area contributed by atoms with E-state index in [2.05, 4.69) is 31.4 Å². The lowest BCUT2D eigenvalue weighted by molar-refractivity contribution is -0.118. The number of aromatic nitrogens is 2. The predicted octanol–water partition coefficient (Wildman–Crippen LogP) is 4.56. The summed E-state index contributed by atoms with van der Waals surface area (Å²) in [5.41, 5.74) is 1.76. The molecule has 0 spiro atoms. The van der Waals surface area contributed by atoms with Gasteiger partial charge in [0.05, 0.1) is 11.3 Å². The smallest absolute Gasteiger partial charge is 0.277 e. The summed E-state index contributed by atoms with van der Waals surface area (Å²) in [6, 6.07) is 14.9. The molecule has 0 aliphatic heterocycles. The molecule has 1 amide bonds. The van der Waals surface area contributed by atoms with Gasteiger partial charge < -0.3 is 9.73 Å². The maximum Gasteiger partial charge on any atom is 0.277 e. The van der Waals surface area contributed by atoms with Crippen molar-refractivity contribution in [2.24, 2.45) is 0 Å². The normalized spacial score (nSPS) is 10.6. The van der Waals surface area contributed by atoms with Gasteiger partial charge in [-0.05, 0) is 45.8 Å². The van der Waals surface area contributed by atoms with Gasteiger partial charge in [-0.25, -0.2) is 0 Å². The van der Waals surface area contributed by atoms with Crippen LogP contribution in [0, 0.1) is 0 Å². The second-order valence-corrected chi connectivity index (χ2v) is 7.27. The van der Waals surface area contributed by atoms with Gasteiger partial charge in [-0.2, -0.15) is 0 Å². The minimum atomic E-state index is -0.120. The lowest BCUT2D eigenvalue weighted by Gasteiger charge is -2.04. The molecule has 25 heavy (non-hydrogen) atoms. The highest BCUT2D eigenvalue weighted by atomic mass is 79.9. The van der Waals surface area contributed by atoms with Crippen molar-refractivity contribution in [3.05, 3.63) is 63.6 Å². The Labute approximate surface area is 162 Å². The number of nitrogens with zero attached hydrogens (tertiary/aromatic N) is 2. The molecule has 0 atom stereocenters. The SMILES string of the molecule is O=C(CSc1nnc(-c2ccccc2Br)o1)NCc1cccc(Cl)c1. The maximum atomic E-state index is 11.9. The highest BCUT2D eigenvalue weighted by molar-refractivity contribution is 9.10. The first-order valence-electron chi connectivity index (χ1n) is 7.34. The van der Waals surface area contributed by atoms with Crippen LogP contribution in [-0.4, -0.2) is 21.9 Å². The molecule has 0 aliphatic carbocycles. The van der Waals surface area contributed by atoms with E-state index in [0.717, 1.165) is 15.6 Å². The molecule has 2 aromatic carbocycles. The third-order valence-electron chi connectivity index (χ3n) is 3.22. The molecular formula is C17H13BrClN3O2S. The Morgan fingerprint density at radius 2 is 2.04 bits per heavy atom. The van der Waals surface area contributed by atoms with Gasteiger partial charge in [-0.3, -0.25) is 4.79 Å². The maximum absolute atomic E-state index is 11.9. The van der Waals surface area contributed by atoms with E-state index in [4.69, 9.17) is 16.0 Å². The minimum Gasteiger partial charge on any atom is -0.411 e. The number of thioether (sulfide) groups is 1. The summed E-state index contributed by atoms with van der Waals surface area (Å²) >= 11 is 10.6. The van der Waals surface area contributed by atoms with Crippen LogP contribution in [0.15, 0.2) is 62.6 Å². The highest BCUT2D eigenvalue weighted by Gasteiger charge is 2.13. The number of hydrogen-bond acceptors (Lipinski definition) is 5. The molecule has 128 valence electrons. The second kappa shape index (κ2) is 8.51. The average Bonchev–Trinajstić information content (AvgIpc) is 3.07. The van der Waals surface area contributed by atoms with Gasteiger partial charge >= 0.3 is 0 Å². The van der Waals surface area contributed by atoms with Crippen molar-refractivity contribution in [2.75, 3.05) is 5.75 Å². The van der Waals surface area contributed by atoms with Crippen molar-refractivity contribution in [1.82, 2.24) is 15.5 Å². The van der Waals surface area contributed by atoms with E-state index < -0.39 is 0 Å². The van der Waals surface area contributed by atoms with Gasteiger partial charge in [0.15, 0.2) is 0 Å². The van der Waals surface area contributed by atoms with E-state index in [0.29, 0.717) is 22.7 Å². The molecule has 0 bridgehead atoms. The van der Waals surface area contributed by atoms with Gasteiger partial charge in [0.1, 0.15) is 0 Å². The molecule has 0 fully saturated rings. The third kappa shape index (κ3) is 5.07. The molecule has 3 aromatic rings. The van der Waals surface area contributed by atoms with Crippen molar-refractivity contribution in [1.29, 1.82) is 0 Å². The number of rotatable bonds is 6. The van der Waals surface area contributed by atoms with Gasteiger partial charge in [0.25, 0.3) is 5.22 Å². The summed E-state index contributed by atoms with van der Waals surface area (Å²) in [5.74, 6) is 0.484. The zero-order chi connectivity index (χ0) is 17.6. The summed E-state index contributed by atoms with van der Waals surface area (Å²) in [4.78, 5) is 11.9. The molecule has 0 radical (unpaired) electrons. The van der Waals surface area contributed by atoms with E-state index in [-0.39, 0.29) is 11.7 Å². The molecule has 3 rings (SSSR count). The first-order chi connectivity index (χ1) is 12.1. The zero-order valence-corrected chi connectivity index (χ0v) is 16.1. The molecule has 1 aromatic heterocycles. The van der Waals surface area contributed by atoms with Crippen LogP contribution in [0.25, 0.3) is 11.5 Å². The van der Waals surface area contributed by atoms with Crippen molar-refractivity contribution in [2.45, 2.75) is 11.8 Å². The number of carbonyl (C=O) groups is 1. The lowest BCUT2D eigenvalue weighted by Crippen LogP contribution is -2.24. The van der Waals surface area contributed by atoms with E-state index in [1.807, 2.05) is 42.5 Å². The van der Waals surface area contributed by atoms with Gasteiger partial charge in [0, 0.05) is 16.0 Å². The van der Waals surface area contributed by atoms with E-state index in [9.17, 15) is 4.79 Å². The van der Waals surface area contributed by atoms with Crippen LogP contribution in [0.3, 0.4) is 0 Å². The van der Waals surface area contributed by atoms with Crippen LogP contribution < -0.4 is 5.32 Å². The van der Waals surface area contributed by atoms with Crippen LogP contribution in [0.5, 0.6) is 0 Å². The van der Waals surface area contributed by atoms with Crippen molar-refractivity contribution in [3.63, 3.8) is 0 Å². The Bertz CT molecular complexity index is 888. The lowest BCUT2D eigenvalue weighted by atomic mass is 10.2. The Balaban J connectivity index is 1.52. The number of nitrogens with one attached hydrogen (secondary N) is 1.